The lowest BCUT2D eigenvalue weighted by molar-refractivity contribution is 0.480. The molecule has 1 heterocycles. The number of hydrogen-bond acceptors (Lipinski definition) is 3. The van der Waals surface area contributed by atoms with Gasteiger partial charge in [0, 0.05) is 10.9 Å². The zero-order valence-corrected chi connectivity index (χ0v) is 21.3. The minimum absolute atomic E-state index is 0.115. The number of phenols is 1. The predicted molar refractivity (Wildman–Crippen MR) is 160 cm³/mol. The molecule has 6 aromatic rings. The van der Waals surface area contributed by atoms with Gasteiger partial charge in [-0.1, -0.05) is 133 Å². The summed E-state index contributed by atoms with van der Waals surface area (Å²) in [4.78, 5) is 4.58. The Labute approximate surface area is 227 Å². The van der Waals surface area contributed by atoms with E-state index >= 15 is 0 Å². The maximum Gasteiger partial charge on any atom is 0.141 e. The highest BCUT2D eigenvalue weighted by Gasteiger charge is 2.17. The number of phenolic OH excluding ortho intramolecular Hbond substituents is 1. The lowest BCUT2D eigenvalue weighted by Crippen LogP contribution is -2.05. The average Bonchev–Trinajstić information content (AvgIpc) is 3.01. The van der Waals surface area contributed by atoms with Gasteiger partial charge < -0.3 is 5.11 Å². The molecule has 0 unspecified atom stereocenters. The van der Waals surface area contributed by atoms with Crippen molar-refractivity contribution in [2.75, 3.05) is 0 Å². The van der Waals surface area contributed by atoms with Crippen LogP contribution >= 0.6 is 0 Å². The Hall–Kier alpha value is -5.28. The second-order valence-electron chi connectivity index (χ2n) is 9.35. The third-order valence-corrected chi connectivity index (χ3v) is 6.85. The molecule has 0 spiro atoms. The number of nitrogens with zero attached hydrogens (tertiary/aromatic N) is 1. The molecular weight excluding hydrogens is 476 g/mol. The third-order valence-electron chi connectivity index (χ3n) is 6.85. The van der Waals surface area contributed by atoms with Gasteiger partial charge in [-0.25, -0.2) is 4.98 Å². The number of pyridine rings is 1. The fourth-order valence-corrected chi connectivity index (χ4v) is 4.95. The molecule has 0 fully saturated rings. The second-order valence-corrected chi connectivity index (χ2v) is 9.35. The molecule has 3 heteroatoms. The van der Waals surface area contributed by atoms with Crippen molar-refractivity contribution in [1.29, 1.82) is 5.41 Å². The standard InChI is InChI=1S/C36H26N2O/c37-35(31-24-23-30-17-10-18-32(39)36(30)38-31)29-21-19-28(20-22-29)34(27-15-8-3-9-16-27)33(25-11-4-1-5-12-25)26-13-6-2-7-14-26/h1-24,37,39H. The summed E-state index contributed by atoms with van der Waals surface area (Å²) < 4.78 is 0. The molecule has 0 atom stereocenters. The normalized spacial score (nSPS) is 10.8. The van der Waals surface area contributed by atoms with E-state index in [9.17, 15) is 5.11 Å². The summed E-state index contributed by atoms with van der Waals surface area (Å²) in [5, 5.41) is 20.0. The molecular formula is C36H26N2O. The molecule has 1 aromatic heterocycles. The molecule has 0 bridgehead atoms. The first-order valence-corrected chi connectivity index (χ1v) is 12.9. The molecule has 0 aliphatic heterocycles. The van der Waals surface area contributed by atoms with Gasteiger partial charge >= 0.3 is 0 Å². The number of aromatic nitrogens is 1. The molecule has 186 valence electrons. The van der Waals surface area contributed by atoms with Gasteiger partial charge in [0.2, 0.25) is 0 Å². The van der Waals surface area contributed by atoms with E-state index in [-0.39, 0.29) is 5.75 Å². The molecule has 0 saturated carbocycles. The topological polar surface area (TPSA) is 57.0 Å². The predicted octanol–water partition coefficient (Wildman–Crippen LogP) is 8.36. The van der Waals surface area contributed by atoms with Crippen LogP contribution in [0.4, 0.5) is 0 Å². The summed E-state index contributed by atoms with van der Waals surface area (Å²) in [6, 6.07) is 48.5. The largest absolute Gasteiger partial charge is 0.506 e. The number of benzene rings is 5. The molecule has 0 saturated heterocycles. The molecule has 5 aromatic carbocycles. The van der Waals surface area contributed by atoms with E-state index in [1.165, 1.54) is 0 Å². The zero-order chi connectivity index (χ0) is 26.6. The van der Waals surface area contributed by atoms with Gasteiger partial charge in [0.1, 0.15) is 11.3 Å². The SMILES string of the molecule is N=C(c1ccc(C(=C(c2ccccc2)c2ccccc2)c2ccccc2)cc1)c1ccc2cccc(O)c2n1. The van der Waals surface area contributed by atoms with Crippen molar-refractivity contribution in [3.63, 3.8) is 0 Å². The van der Waals surface area contributed by atoms with E-state index in [1.807, 2.05) is 48.5 Å². The lowest BCUT2D eigenvalue weighted by Gasteiger charge is -2.18. The van der Waals surface area contributed by atoms with Crippen molar-refractivity contribution in [3.05, 3.63) is 179 Å². The average molecular weight is 503 g/mol. The number of hydrogen-bond donors (Lipinski definition) is 2. The van der Waals surface area contributed by atoms with Crippen molar-refractivity contribution in [2.45, 2.75) is 0 Å². The molecule has 2 N–H and O–H groups in total. The summed E-state index contributed by atoms with van der Waals surface area (Å²) in [6.07, 6.45) is 0. The van der Waals surface area contributed by atoms with Crippen LogP contribution in [0, 0.1) is 5.41 Å². The fraction of sp³-hybridized carbons (Fsp3) is 0. The smallest absolute Gasteiger partial charge is 0.141 e. The number of rotatable bonds is 6. The first kappa shape index (κ1) is 24.1. The number of para-hydroxylation sites is 1. The van der Waals surface area contributed by atoms with Gasteiger partial charge in [-0.3, -0.25) is 5.41 Å². The first-order valence-electron chi connectivity index (χ1n) is 12.9. The van der Waals surface area contributed by atoms with E-state index in [0.717, 1.165) is 44.3 Å². The van der Waals surface area contributed by atoms with Gasteiger partial charge in [-0.2, -0.15) is 0 Å². The highest BCUT2D eigenvalue weighted by molar-refractivity contribution is 6.11. The summed E-state index contributed by atoms with van der Waals surface area (Å²) in [6.45, 7) is 0. The van der Waals surface area contributed by atoms with Crippen molar-refractivity contribution in [3.8, 4) is 5.75 Å². The number of aromatic hydroxyl groups is 1. The Balaban J connectivity index is 1.48. The molecule has 6 rings (SSSR count). The highest BCUT2D eigenvalue weighted by Crippen LogP contribution is 2.37. The quantitative estimate of drug-likeness (QED) is 0.178. The Morgan fingerprint density at radius 2 is 0.923 bits per heavy atom. The molecule has 39 heavy (non-hydrogen) atoms. The molecule has 0 aliphatic rings. The molecule has 3 nitrogen and oxygen atoms in total. The van der Waals surface area contributed by atoms with Crippen LogP contribution < -0.4 is 0 Å². The van der Waals surface area contributed by atoms with Crippen LogP contribution in [0.25, 0.3) is 22.0 Å². The minimum atomic E-state index is 0.115. The van der Waals surface area contributed by atoms with E-state index in [2.05, 4.69) is 89.9 Å². The Kier molecular flexibility index (Phi) is 6.55. The van der Waals surface area contributed by atoms with Crippen molar-refractivity contribution < 1.29 is 5.11 Å². The van der Waals surface area contributed by atoms with Gasteiger partial charge in [0.05, 0.1) is 11.4 Å². The van der Waals surface area contributed by atoms with E-state index in [1.54, 1.807) is 12.1 Å². The Bertz CT molecular complexity index is 1750. The number of nitrogens with one attached hydrogen (secondary N) is 1. The van der Waals surface area contributed by atoms with E-state index in [4.69, 9.17) is 5.41 Å². The third kappa shape index (κ3) is 4.86. The van der Waals surface area contributed by atoms with Gasteiger partial charge in [0.15, 0.2) is 0 Å². The fourth-order valence-electron chi connectivity index (χ4n) is 4.95. The van der Waals surface area contributed by atoms with Crippen LogP contribution in [0.2, 0.25) is 0 Å². The Morgan fingerprint density at radius 3 is 1.44 bits per heavy atom. The van der Waals surface area contributed by atoms with Crippen molar-refractivity contribution in [2.24, 2.45) is 0 Å². The van der Waals surface area contributed by atoms with Gasteiger partial charge in [-0.05, 0) is 45.5 Å². The second kappa shape index (κ2) is 10.6. The molecule has 0 radical (unpaired) electrons. The molecule has 0 aliphatic carbocycles. The van der Waals surface area contributed by atoms with Crippen LogP contribution in [0.3, 0.4) is 0 Å². The summed E-state index contributed by atoms with van der Waals surface area (Å²) in [7, 11) is 0. The summed E-state index contributed by atoms with van der Waals surface area (Å²) in [5.41, 5.74) is 8.82. The van der Waals surface area contributed by atoms with E-state index in [0.29, 0.717) is 16.9 Å². The number of fused-ring (bicyclic) bond motifs is 1. The van der Waals surface area contributed by atoms with Crippen molar-refractivity contribution >= 4 is 27.8 Å². The first-order chi connectivity index (χ1) is 19.2. The zero-order valence-electron chi connectivity index (χ0n) is 21.3. The van der Waals surface area contributed by atoms with Gasteiger partial charge in [-0.15, -0.1) is 0 Å². The van der Waals surface area contributed by atoms with Gasteiger partial charge in [0.25, 0.3) is 0 Å². The maximum absolute atomic E-state index is 10.3. The van der Waals surface area contributed by atoms with Crippen LogP contribution in [0.5, 0.6) is 5.75 Å². The van der Waals surface area contributed by atoms with Crippen LogP contribution in [-0.4, -0.2) is 15.8 Å². The van der Waals surface area contributed by atoms with Crippen LogP contribution in [0.15, 0.2) is 146 Å². The Morgan fingerprint density at radius 1 is 0.462 bits per heavy atom. The maximum atomic E-state index is 10.3. The minimum Gasteiger partial charge on any atom is -0.506 e. The lowest BCUT2D eigenvalue weighted by atomic mass is 9.85. The summed E-state index contributed by atoms with van der Waals surface area (Å²) >= 11 is 0. The highest BCUT2D eigenvalue weighted by atomic mass is 16.3. The van der Waals surface area contributed by atoms with E-state index < -0.39 is 0 Å². The van der Waals surface area contributed by atoms with Crippen LogP contribution in [-0.2, 0) is 0 Å². The monoisotopic (exact) mass is 502 g/mol. The summed E-state index contributed by atoms with van der Waals surface area (Å²) in [5.74, 6) is 0.115. The van der Waals surface area contributed by atoms with Crippen LogP contribution in [0.1, 0.15) is 33.5 Å². The molecule has 0 amide bonds. The van der Waals surface area contributed by atoms with Crippen molar-refractivity contribution in [1.82, 2.24) is 4.98 Å².